The van der Waals surface area contributed by atoms with Gasteiger partial charge in [-0.1, -0.05) is 35.4 Å². The lowest BCUT2D eigenvalue weighted by Gasteiger charge is -2.12. The molecule has 0 saturated heterocycles. The third-order valence-electron chi connectivity index (χ3n) is 3.32. The molecule has 0 radical (unpaired) electrons. The van der Waals surface area contributed by atoms with Crippen molar-refractivity contribution < 1.29 is 0 Å². The predicted octanol–water partition coefficient (Wildman–Crippen LogP) is 5.25. The molecule has 0 amide bonds. The van der Waals surface area contributed by atoms with E-state index < -0.39 is 0 Å². The topological polar surface area (TPSA) is 24.9 Å². The lowest BCUT2D eigenvalue weighted by molar-refractivity contribution is 1.34. The highest BCUT2D eigenvalue weighted by Crippen LogP contribution is 2.30. The first kappa shape index (κ1) is 12.9. The van der Waals surface area contributed by atoms with Crippen molar-refractivity contribution in [3.05, 3.63) is 64.8 Å². The average Bonchev–Trinajstić information content (AvgIpc) is 2.42. The zero-order chi connectivity index (χ0) is 14.1. The Hall–Kier alpha value is -2.06. The summed E-state index contributed by atoms with van der Waals surface area (Å²) in [6, 6.07) is 14.0. The van der Waals surface area contributed by atoms with Crippen molar-refractivity contribution in [1.82, 2.24) is 4.98 Å². The van der Waals surface area contributed by atoms with Crippen LogP contribution < -0.4 is 5.32 Å². The Morgan fingerprint density at radius 1 is 1.00 bits per heavy atom. The van der Waals surface area contributed by atoms with Crippen molar-refractivity contribution in [3.8, 4) is 0 Å². The van der Waals surface area contributed by atoms with Gasteiger partial charge in [-0.15, -0.1) is 0 Å². The number of nitrogens with one attached hydrogen (secondary N) is 1. The lowest BCUT2D eigenvalue weighted by Crippen LogP contribution is -1.95. The van der Waals surface area contributed by atoms with Crippen LogP contribution in [0.3, 0.4) is 0 Å². The third-order valence-corrected chi connectivity index (χ3v) is 3.65. The van der Waals surface area contributed by atoms with Crippen molar-refractivity contribution in [1.29, 1.82) is 0 Å². The number of benzene rings is 2. The Kier molecular flexibility index (Phi) is 3.33. The van der Waals surface area contributed by atoms with Crippen molar-refractivity contribution in [2.45, 2.75) is 13.8 Å². The number of hydrogen-bond donors (Lipinski definition) is 1. The number of para-hydroxylation sites is 1. The highest BCUT2D eigenvalue weighted by molar-refractivity contribution is 6.33. The fraction of sp³-hybridized carbons (Fsp3) is 0.118. The lowest BCUT2D eigenvalue weighted by atomic mass is 10.1. The average molecular weight is 283 g/mol. The highest BCUT2D eigenvalue weighted by Gasteiger charge is 2.07. The van der Waals surface area contributed by atoms with E-state index in [1.165, 1.54) is 11.1 Å². The molecular weight excluding hydrogens is 268 g/mol. The maximum atomic E-state index is 6.21. The molecule has 2 nitrogen and oxygen atoms in total. The molecule has 0 spiro atoms. The molecule has 3 heteroatoms. The molecule has 20 heavy (non-hydrogen) atoms. The van der Waals surface area contributed by atoms with Crippen LogP contribution in [0.4, 0.5) is 11.4 Å². The number of fused-ring (bicyclic) bond motifs is 1. The van der Waals surface area contributed by atoms with E-state index in [-0.39, 0.29) is 0 Å². The van der Waals surface area contributed by atoms with Crippen LogP contribution in [0.25, 0.3) is 10.9 Å². The van der Waals surface area contributed by atoms with Gasteiger partial charge in [0.05, 0.1) is 16.2 Å². The number of aromatic nitrogens is 1. The summed E-state index contributed by atoms with van der Waals surface area (Å²) < 4.78 is 0. The molecule has 0 aliphatic heterocycles. The van der Waals surface area contributed by atoms with Gasteiger partial charge >= 0.3 is 0 Å². The maximum Gasteiger partial charge on any atom is 0.0752 e. The second kappa shape index (κ2) is 5.14. The van der Waals surface area contributed by atoms with Crippen LogP contribution in [-0.2, 0) is 0 Å². The number of halogens is 1. The van der Waals surface area contributed by atoms with Crippen LogP contribution in [0.5, 0.6) is 0 Å². The van der Waals surface area contributed by atoms with E-state index in [4.69, 9.17) is 11.6 Å². The Morgan fingerprint density at radius 3 is 2.60 bits per heavy atom. The number of anilines is 2. The fourth-order valence-corrected chi connectivity index (χ4v) is 2.61. The van der Waals surface area contributed by atoms with Gasteiger partial charge in [-0.3, -0.25) is 4.98 Å². The number of hydrogen-bond acceptors (Lipinski definition) is 2. The fourth-order valence-electron chi connectivity index (χ4n) is 2.43. The van der Waals surface area contributed by atoms with Gasteiger partial charge in [0.15, 0.2) is 0 Å². The van der Waals surface area contributed by atoms with Gasteiger partial charge in [0, 0.05) is 17.3 Å². The van der Waals surface area contributed by atoms with Crippen LogP contribution in [0.2, 0.25) is 5.02 Å². The predicted molar refractivity (Wildman–Crippen MR) is 86.0 cm³/mol. The Bertz CT molecular complexity index is 781. The molecular formula is C17H15ClN2. The summed E-state index contributed by atoms with van der Waals surface area (Å²) >= 11 is 6.21. The molecule has 1 aromatic heterocycles. The molecule has 100 valence electrons. The normalized spacial score (nSPS) is 10.8. The van der Waals surface area contributed by atoms with Crippen molar-refractivity contribution in [2.24, 2.45) is 0 Å². The van der Waals surface area contributed by atoms with E-state index in [0.29, 0.717) is 5.02 Å². The van der Waals surface area contributed by atoms with Gasteiger partial charge < -0.3 is 5.32 Å². The summed E-state index contributed by atoms with van der Waals surface area (Å²) in [5, 5.41) is 5.22. The minimum absolute atomic E-state index is 0.710. The summed E-state index contributed by atoms with van der Waals surface area (Å²) in [6.45, 7) is 4.18. The number of rotatable bonds is 2. The monoisotopic (exact) mass is 282 g/mol. The minimum Gasteiger partial charge on any atom is -0.354 e. The molecule has 1 heterocycles. The smallest absolute Gasteiger partial charge is 0.0752 e. The van der Waals surface area contributed by atoms with Crippen molar-refractivity contribution in [3.63, 3.8) is 0 Å². The Morgan fingerprint density at radius 2 is 1.80 bits per heavy atom. The van der Waals surface area contributed by atoms with E-state index in [1.54, 1.807) is 0 Å². The SMILES string of the molecule is Cc1cc(C)c2nccc(Nc3ccccc3Cl)c2c1. The number of aryl methyl sites for hydroxylation is 2. The number of pyridine rings is 1. The molecule has 0 unspecified atom stereocenters. The van der Waals surface area contributed by atoms with Gasteiger partial charge in [0.2, 0.25) is 0 Å². The zero-order valence-corrected chi connectivity index (χ0v) is 12.2. The Labute approximate surface area is 123 Å². The van der Waals surface area contributed by atoms with Gasteiger partial charge in [0.1, 0.15) is 0 Å². The summed E-state index contributed by atoms with van der Waals surface area (Å²) in [6.07, 6.45) is 1.82. The molecule has 0 aliphatic carbocycles. The van der Waals surface area contributed by atoms with Crippen LogP contribution in [-0.4, -0.2) is 4.98 Å². The molecule has 3 aromatic rings. The molecule has 0 atom stereocenters. The van der Waals surface area contributed by atoms with Gasteiger partial charge in [-0.05, 0) is 43.7 Å². The third kappa shape index (κ3) is 2.35. The molecule has 2 aromatic carbocycles. The van der Waals surface area contributed by atoms with Crippen LogP contribution in [0.15, 0.2) is 48.7 Å². The first-order valence-electron chi connectivity index (χ1n) is 6.52. The molecule has 3 rings (SSSR count). The van der Waals surface area contributed by atoms with Crippen molar-refractivity contribution in [2.75, 3.05) is 5.32 Å². The summed E-state index contributed by atoms with van der Waals surface area (Å²) in [5.41, 5.74) is 5.36. The van der Waals surface area contributed by atoms with Crippen LogP contribution >= 0.6 is 11.6 Å². The summed E-state index contributed by atoms with van der Waals surface area (Å²) in [7, 11) is 0. The zero-order valence-electron chi connectivity index (χ0n) is 11.4. The van der Waals surface area contributed by atoms with E-state index in [2.05, 4.69) is 36.3 Å². The molecule has 0 aliphatic rings. The van der Waals surface area contributed by atoms with E-state index in [1.807, 2.05) is 36.5 Å². The van der Waals surface area contributed by atoms with Crippen molar-refractivity contribution >= 4 is 33.9 Å². The van der Waals surface area contributed by atoms with Crippen LogP contribution in [0, 0.1) is 13.8 Å². The second-order valence-corrected chi connectivity index (χ2v) is 5.35. The highest BCUT2D eigenvalue weighted by atomic mass is 35.5. The van der Waals surface area contributed by atoms with E-state index >= 15 is 0 Å². The van der Waals surface area contributed by atoms with Gasteiger partial charge in [0.25, 0.3) is 0 Å². The largest absolute Gasteiger partial charge is 0.354 e. The first-order chi connectivity index (χ1) is 9.65. The van der Waals surface area contributed by atoms with E-state index in [0.717, 1.165) is 22.3 Å². The van der Waals surface area contributed by atoms with Crippen LogP contribution in [0.1, 0.15) is 11.1 Å². The molecule has 0 saturated carbocycles. The van der Waals surface area contributed by atoms with Gasteiger partial charge in [-0.2, -0.15) is 0 Å². The second-order valence-electron chi connectivity index (χ2n) is 4.94. The molecule has 0 fully saturated rings. The maximum absolute atomic E-state index is 6.21. The van der Waals surface area contributed by atoms with Gasteiger partial charge in [-0.25, -0.2) is 0 Å². The van der Waals surface area contributed by atoms with E-state index in [9.17, 15) is 0 Å². The number of nitrogens with zero attached hydrogens (tertiary/aromatic N) is 1. The quantitative estimate of drug-likeness (QED) is 0.694. The Balaban J connectivity index is 2.15. The summed E-state index contributed by atoms with van der Waals surface area (Å²) in [4.78, 5) is 4.47. The molecule has 1 N–H and O–H groups in total. The standard InChI is InChI=1S/C17H15ClN2/c1-11-9-12(2)17-13(10-11)15(7-8-19-17)20-16-6-4-3-5-14(16)18/h3-10H,1-2H3,(H,19,20). The molecule has 0 bridgehead atoms. The summed E-state index contributed by atoms with van der Waals surface area (Å²) in [5.74, 6) is 0. The first-order valence-corrected chi connectivity index (χ1v) is 6.90. The minimum atomic E-state index is 0.710.